The van der Waals surface area contributed by atoms with Gasteiger partial charge in [0.1, 0.15) is 5.69 Å². The molecule has 0 radical (unpaired) electrons. The van der Waals surface area contributed by atoms with Crippen LogP contribution in [0.1, 0.15) is 43.5 Å². The first kappa shape index (κ1) is 16.9. The summed E-state index contributed by atoms with van der Waals surface area (Å²) in [5, 5.41) is 13.6. The molecule has 4 N–H and O–H groups in total. The maximum Gasteiger partial charge on any atom is 0.293 e. The zero-order chi connectivity index (χ0) is 15.8. The number of nitrogens with zero attached hydrogens (tertiary/aromatic N) is 1. The lowest BCUT2D eigenvalue weighted by molar-refractivity contribution is -0.384. The summed E-state index contributed by atoms with van der Waals surface area (Å²) in [5.41, 5.74) is 2.54. The lowest BCUT2D eigenvalue weighted by Crippen LogP contribution is -2.24. The van der Waals surface area contributed by atoms with Gasteiger partial charge in [-0.05, 0) is 24.5 Å². The van der Waals surface area contributed by atoms with Crippen molar-refractivity contribution in [2.45, 2.75) is 33.1 Å². The van der Waals surface area contributed by atoms with E-state index < -0.39 is 4.92 Å². The molecule has 0 fully saturated rings. The minimum absolute atomic E-state index is 0.118. The molecule has 0 aliphatic rings. The quantitative estimate of drug-likeness (QED) is 0.295. The highest BCUT2D eigenvalue weighted by atomic mass is 16.6. The molecule has 21 heavy (non-hydrogen) atoms. The SMILES string of the molecule is CC(C)CCCCNC(=O)c1ccc([N+](=O)[O-])c(NN)c1. The number of hydrazine groups is 1. The Kier molecular flexibility index (Phi) is 6.61. The summed E-state index contributed by atoms with van der Waals surface area (Å²) in [6.07, 6.45) is 3.11. The molecule has 0 atom stereocenters. The van der Waals surface area contributed by atoms with Crippen LogP contribution < -0.4 is 16.6 Å². The summed E-state index contributed by atoms with van der Waals surface area (Å²) in [4.78, 5) is 22.2. The predicted molar refractivity (Wildman–Crippen MR) is 81.9 cm³/mol. The van der Waals surface area contributed by atoms with Gasteiger partial charge in [-0.25, -0.2) is 0 Å². The van der Waals surface area contributed by atoms with E-state index in [4.69, 9.17) is 5.84 Å². The molecule has 7 nitrogen and oxygen atoms in total. The van der Waals surface area contributed by atoms with Crippen LogP contribution in [0.15, 0.2) is 18.2 Å². The smallest absolute Gasteiger partial charge is 0.293 e. The van der Waals surface area contributed by atoms with Crippen LogP contribution in [0, 0.1) is 16.0 Å². The zero-order valence-corrected chi connectivity index (χ0v) is 12.4. The fourth-order valence-corrected chi connectivity index (χ4v) is 1.93. The highest BCUT2D eigenvalue weighted by Gasteiger charge is 2.15. The van der Waals surface area contributed by atoms with Gasteiger partial charge in [0, 0.05) is 18.2 Å². The Bertz CT molecular complexity index is 503. The normalized spacial score (nSPS) is 10.5. The van der Waals surface area contributed by atoms with Gasteiger partial charge in [-0.3, -0.25) is 20.8 Å². The van der Waals surface area contributed by atoms with E-state index in [1.165, 1.54) is 18.2 Å². The van der Waals surface area contributed by atoms with Crippen molar-refractivity contribution in [3.63, 3.8) is 0 Å². The number of rotatable bonds is 8. The molecule has 0 aliphatic heterocycles. The van der Waals surface area contributed by atoms with Crippen molar-refractivity contribution in [1.29, 1.82) is 0 Å². The monoisotopic (exact) mass is 294 g/mol. The van der Waals surface area contributed by atoms with E-state index in [9.17, 15) is 14.9 Å². The predicted octanol–water partition coefficient (Wildman–Crippen LogP) is 2.44. The van der Waals surface area contributed by atoms with Crippen molar-refractivity contribution in [2.75, 3.05) is 12.0 Å². The molecular formula is C14H22N4O3. The molecule has 0 bridgehead atoms. The number of anilines is 1. The number of unbranched alkanes of at least 4 members (excludes halogenated alkanes) is 1. The number of amides is 1. The molecule has 0 unspecified atom stereocenters. The first-order chi connectivity index (χ1) is 9.95. The first-order valence-electron chi connectivity index (χ1n) is 6.99. The van der Waals surface area contributed by atoms with Crippen molar-refractivity contribution in [1.82, 2.24) is 5.32 Å². The number of benzene rings is 1. The summed E-state index contributed by atoms with van der Waals surface area (Å²) >= 11 is 0. The van der Waals surface area contributed by atoms with E-state index in [0.29, 0.717) is 18.0 Å². The molecule has 1 amide bonds. The lowest BCUT2D eigenvalue weighted by Gasteiger charge is -2.08. The van der Waals surface area contributed by atoms with Crippen LogP contribution in [-0.2, 0) is 0 Å². The molecule has 1 aromatic carbocycles. The summed E-state index contributed by atoms with van der Waals surface area (Å²) in [6.45, 7) is 4.92. The van der Waals surface area contributed by atoms with Gasteiger partial charge in [-0.1, -0.05) is 26.7 Å². The van der Waals surface area contributed by atoms with Gasteiger partial charge in [-0.2, -0.15) is 0 Å². The van der Waals surface area contributed by atoms with Gasteiger partial charge in [-0.15, -0.1) is 0 Å². The standard InChI is InChI=1S/C14H22N4O3/c1-10(2)5-3-4-8-16-14(19)11-6-7-13(18(20)21)12(9-11)17-15/h6-7,9-10,17H,3-5,8,15H2,1-2H3,(H,16,19). The minimum Gasteiger partial charge on any atom is -0.352 e. The Morgan fingerprint density at radius 1 is 1.38 bits per heavy atom. The van der Waals surface area contributed by atoms with Crippen molar-refractivity contribution in [3.05, 3.63) is 33.9 Å². The van der Waals surface area contributed by atoms with Crippen molar-refractivity contribution in [3.8, 4) is 0 Å². The number of nitrogens with two attached hydrogens (primary N) is 1. The molecular weight excluding hydrogens is 272 g/mol. The van der Waals surface area contributed by atoms with Crippen LogP contribution in [0.5, 0.6) is 0 Å². The van der Waals surface area contributed by atoms with Crippen LogP contribution >= 0.6 is 0 Å². The van der Waals surface area contributed by atoms with Crippen LogP contribution in [0.4, 0.5) is 11.4 Å². The topological polar surface area (TPSA) is 110 Å². The Hall–Kier alpha value is -2.15. The summed E-state index contributed by atoms with van der Waals surface area (Å²) in [5.74, 6) is 5.64. The molecule has 0 saturated heterocycles. The van der Waals surface area contributed by atoms with Crippen LogP contribution in [0.3, 0.4) is 0 Å². The number of carbonyl (C=O) groups is 1. The Labute approximate surface area is 124 Å². The second-order valence-corrected chi connectivity index (χ2v) is 5.28. The van der Waals surface area contributed by atoms with E-state index in [2.05, 4.69) is 24.6 Å². The van der Waals surface area contributed by atoms with Gasteiger partial charge in [0.15, 0.2) is 0 Å². The number of nitro groups is 1. The van der Waals surface area contributed by atoms with Gasteiger partial charge in [0.2, 0.25) is 0 Å². The second kappa shape index (κ2) is 8.21. The molecule has 0 aliphatic carbocycles. The average Bonchev–Trinajstić information content (AvgIpc) is 2.45. The van der Waals surface area contributed by atoms with E-state index in [1.54, 1.807) is 0 Å². The summed E-state index contributed by atoms with van der Waals surface area (Å²) in [7, 11) is 0. The Balaban J connectivity index is 2.56. The first-order valence-corrected chi connectivity index (χ1v) is 6.99. The van der Waals surface area contributed by atoms with Crippen molar-refractivity contribution >= 4 is 17.3 Å². The van der Waals surface area contributed by atoms with Crippen molar-refractivity contribution in [2.24, 2.45) is 11.8 Å². The molecule has 0 saturated carbocycles. The van der Waals surface area contributed by atoms with Gasteiger partial charge < -0.3 is 10.7 Å². The number of nitro benzene ring substituents is 1. The van der Waals surface area contributed by atoms with Gasteiger partial charge >= 0.3 is 0 Å². The summed E-state index contributed by atoms with van der Waals surface area (Å²) < 4.78 is 0. The highest BCUT2D eigenvalue weighted by Crippen LogP contribution is 2.24. The Morgan fingerprint density at radius 2 is 2.10 bits per heavy atom. The van der Waals surface area contributed by atoms with E-state index >= 15 is 0 Å². The maximum absolute atomic E-state index is 11.9. The number of hydrogen-bond donors (Lipinski definition) is 3. The van der Waals surface area contributed by atoms with Gasteiger partial charge in [0.05, 0.1) is 4.92 Å². The second-order valence-electron chi connectivity index (χ2n) is 5.28. The number of nitrogens with one attached hydrogen (secondary N) is 2. The Morgan fingerprint density at radius 3 is 2.67 bits per heavy atom. The highest BCUT2D eigenvalue weighted by molar-refractivity contribution is 5.95. The van der Waals surface area contributed by atoms with Crippen LogP contribution in [-0.4, -0.2) is 17.4 Å². The third-order valence-corrected chi connectivity index (χ3v) is 3.10. The third-order valence-electron chi connectivity index (χ3n) is 3.10. The third kappa shape index (κ3) is 5.39. The fraction of sp³-hybridized carbons (Fsp3) is 0.500. The molecule has 116 valence electrons. The largest absolute Gasteiger partial charge is 0.352 e. The molecule has 1 aromatic rings. The lowest BCUT2D eigenvalue weighted by atomic mass is 10.1. The minimum atomic E-state index is -0.553. The maximum atomic E-state index is 11.9. The van der Waals surface area contributed by atoms with Crippen LogP contribution in [0.25, 0.3) is 0 Å². The van der Waals surface area contributed by atoms with E-state index in [-0.39, 0.29) is 17.3 Å². The van der Waals surface area contributed by atoms with Crippen molar-refractivity contribution < 1.29 is 9.72 Å². The zero-order valence-electron chi connectivity index (χ0n) is 12.4. The fourth-order valence-electron chi connectivity index (χ4n) is 1.93. The van der Waals surface area contributed by atoms with E-state index in [1.807, 2.05) is 0 Å². The average molecular weight is 294 g/mol. The summed E-state index contributed by atoms with van der Waals surface area (Å²) in [6, 6.07) is 4.06. The molecule has 1 rings (SSSR count). The molecule has 0 spiro atoms. The number of carbonyl (C=O) groups excluding carboxylic acids is 1. The number of hydrogen-bond acceptors (Lipinski definition) is 5. The van der Waals surface area contributed by atoms with E-state index in [0.717, 1.165) is 19.3 Å². The van der Waals surface area contributed by atoms with Gasteiger partial charge in [0.25, 0.3) is 11.6 Å². The number of nitrogen functional groups attached to an aromatic ring is 1. The molecule has 7 heteroatoms. The molecule has 0 heterocycles. The van der Waals surface area contributed by atoms with Crippen LogP contribution in [0.2, 0.25) is 0 Å². The molecule has 0 aromatic heterocycles.